The third kappa shape index (κ3) is 4.18. The molecule has 0 aromatic carbocycles. The molecule has 0 aromatic heterocycles. The van der Waals surface area contributed by atoms with Crippen molar-refractivity contribution in [2.24, 2.45) is 5.73 Å². The highest BCUT2D eigenvalue weighted by atomic mass is 16.1. The van der Waals surface area contributed by atoms with Gasteiger partial charge >= 0.3 is 0 Å². The van der Waals surface area contributed by atoms with Gasteiger partial charge in [0.2, 0.25) is 5.91 Å². The van der Waals surface area contributed by atoms with Crippen molar-refractivity contribution in [1.29, 1.82) is 0 Å². The van der Waals surface area contributed by atoms with Crippen LogP contribution in [-0.4, -0.2) is 43.0 Å². The van der Waals surface area contributed by atoms with E-state index < -0.39 is 0 Å². The molecule has 0 spiro atoms. The molecule has 4 heteroatoms. The van der Waals surface area contributed by atoms with Gasteiger partial charge in [0.25, 0.3) is 0 Å². The van der Waals surface area contributed by atoms with Crippen molar-refractivity contribution in [2.45, 2.75) is 38.6 Å². The molecule has 3 N–H and O–H groups in total. The molecule has 0 aliphatic carbocycles. The number of hydrogen-bond acceptors (Lipinski definition) is 3. The Bertz CT molecular complexity index is 188. The summed E-state index contributed by atoms with van der Waals surface area (Å²) < 4.78 is 0. The maximum atomic E-state index is 11.4. The van der Waals surface area contributed by atoms with Gasteiger partial charge in [-0.3, -0.25) is 9.69 Å². The van der Waals surface area contributed by atoms with Gasteiger partial charge in [-0.05, 0) is 19.4 Å². The first-order chi connectivity index (χ1) is 7.25. The second-order valence-corrected chi connectivity index (χ2v) is 4.20. The molecule has 1 atom stereocenters. The van der Waals surface area contributed by atoms with Crippen molar-refractivity contribution in [3.05, 3.63) is 0 Å². The number of nitrogens with zero attached hydrogens (tertiary/aromatic N) is 1. The number of nitrogens with one attached hydrogen (secondary N) is 1. The minimum Gasteiger partial charge on any atom is -0.368 e. The predicted octanol–water partition coefficient (Wildman–Crippen LogP) is 0.326. The number of nitrogens with two attached hydrogens (primary N) is 1. The van der Waals surface area contributed by atoms with Gasteiger partial charge in [0.05, 0.1) is 6.04 Å². The lowest BCUT2D eigenvalue weighted by Gasteiger charge is -2.27. The van der Waals surface area contributed by atoms with E-state index in [4.69, 9.17) is 5.73 Å². The molecule has 1 unspecified atom stereocenters. The van der Waals surface area contributed by atoms with E-state index in [0.29, 0.717) is 0 Å². The second-order valence-electron chi connectivity index (χ2n) is 4.20. The topological polar surface area (TPSA) is 58.4 Å². The normalized spacial score (nSPS) is 20.9. The summed E-state index contributed by atoms with van der Waals surface area (Å²) in [4.78, 5) is 13.6. The summed E-state index contributed by atoms with van der Waals surface area (Å²) in [6.45, 7) is 6.09. The van der Waals surface area contributed by atoms with Gasteiger partial charge in [-0.1, -0.05) is 19.8 Å². The van der Waals surface area contributed by atoms with E-state index in [1.165, 1.54) is 0 Å². The van der Waals surface area contributed by atoms with E-state index in [0.717, 1.165) is 51.9 Å². The van der Waals surface area contributed by atoms with Crippen LogP contribution in [0.15, 0.2) is 0 Å². The van der Waals surface area contributed by atoms with E-state index in [1.54, 1.807) is 0 Å². The van der Waals surface area contributed by atoms with E-state index in [2.05, 4.69) is 17.1 Å². The van der Waals surface area contributed by atoms with E-state index in [-0.39, 0.29) is 11.9 Å². The molecule has 1 fully saturated rings. The van der Waals surface area contributed by atoms with E-state index in [9.17, 15) is 4.79 Å². The van der Waals surface area contributed by atoms with Gasteiger partial charge in [-0.15, -0.1) is 0 Å². The highest BCUT2D eigenvalue weighted by Gasteiger charge is 2.23. The summed E-state index contributed by atoms with van der Waals surface area (Å²) in [6, 6.07) is -0.0511. The molecule has 0 radical (unpaired) electrons. The fraction of sp³-hybridized carbons (Fsp3) is 0.909. The zero-order valence-electron chi connectivity index (χ0n) is 9.67. The Morgan fingerprint density at radius 1 is 1.47 bits per heavy atom. The average molecular weight is 213 g/mol. The molecule has 1 rings (SSSR count). The first kappa shape index (κ1) is 12.5. The van der Waals surface area contributed by atoms with Crippen molar-refractivity contribution < 1.29 is 4.79 Å². The largest absolute Gasteiger partial charge is 0.368 e. The summed E-state index contributed by atoms with van der Waals surface area (Å²) in [5.41, 5.74) is 5.46. The summed E-state index contributed by atoms with van der Waals surface area (Å²) in [7, 11) is 0. The van der Waals surface area contributed by atoms with Crippen LogP contribution in [0.5, 0.6) is 0 Å². The SMILES string of the molecule is CCCCC(C(N)=O)N1CCCNCC1. The molecule has 0 aromatic rings. The molecule has 0 bridgehead atoms. The van der Waals surface area contributed by atoms with Gasteiger partial charge in [-0.25, -0.2) is 0 Å². The third-order valence-corrected chi connectivity index (χ3v) is 2.97. The van der Waals surface area contributed by atoms with Gasteiger partial charge in [0.15, 0.2) is 0 Å². The second kappa shape index (κ2) is 6.80. The lowest BCUT2D eigenvalue weighted by molar-refractivity contribution is -0.123. The molecule has 1 amide bonds. The number of amides is 1. The number of primary amides is 1. The molecule has 1 saturated heterocycles. The number of hydrogen-bond donors (Lipinski definition) is 2. The summed E-state index contributed by atoms with van der Waals surface area (Å²) in [5.74, 6) is -0.162. The lowest BCUT2D eigenvalue weighted by Crippen LogP contribution is -2.46. The fourth-order valence-electron chi connectivity index (χ4n) is 2.08. The van der Waals surface area contributed by atoms with Crippen LogP contribution in [0.1, 0.15) is 32.6 Å². The Kier molecular flexibility index (Phi) is 5.65. The van der Waals surface area contributed by atoms with Crippen LogP contribution in [0.2, 0.25) is 0 Å². The number of rotatable bonds is 5. The van der Waals surface area contributed by atoms with Crippen molar-refractivity contribution in [3.8, 4) is 0 Å². The van der Waals surface area contributed by atoms with Crippen LogP contribution in [0.3, 0.4) is 0 Å². The predicted molar refractivity (Wildman–Crippen MR) is 61.6 cm³/mol. The van der Waals surface area contributed by atoms with Gasteiger partial charge in [0, 0.05) is 19.6 Å². The maximum absolute atomic E-state index is 11.4. The molecule has 0 saturated carbocycles. The van der Waals surface area contributed by atoms with Gasteiger partial charge in [-0.2, -0.15) is 0 Å². The zero-order chi connectivity index (χ0) is 11.1. The van der Waals surface area contributed by atoms with Crippen molar-refractivity contribution in [3.63, 3.8) is 0 Å². The smallest absolute Gasteiger partial charge is 0.234 e. The van der Waals surface area contributed by atoms with Crippen molar-refractivity contribution in [2.75, 3.05) is 26.2 Å². The first-order valence-corrected chi connectivity index (χ1v) is 5.99. The monoisotopic (exact) mass is 213 g/mol. The van der Waals surface area contributed by atoms with Crippen molar-refractivity contribution in [1.82, 2.24) is 10.2 Å². The molecule has 4 nitrogen and oxygen atoms in total. The standard InChI is InChI=1S/C11H23N3O/c1-2-3-5-10(11(12)15)14-8-4-6-13-7-9-14/h10,13H,2-9H2,1H3,(H2,12,15). The Morgan fingerprint density at radius 3 is 2.93 bits per heavy atom. The fourth-order valence-corrected chi connectivity index (χ4v) is 2.08. The number of carbonyl (C=O) groups is 1. The minimum atomic E-state index is -0.162. The maximum Gasteiger partial charge on any atom is 0.234 e. The Labute approximate surface area is 92.2 Å². The Balaban J connectivity index is 2.48. The zero-order valence-corrected chi connectivity index (χ0v) is 9.67. The highest BCUT2D eigenvalue weighted by Crippen LogP contribution is 2.10. The quantitative estimate of drug-likeness (QED) is 0.692. The van der Waals surface area contributed by atoms with Crippen LogP contribution in [-0.2, 0) is 4.79 Å². The molecular formula is C11H23N3O. The molecule has 15 heavy (non-hydrogen) atoms. The molecule has 1 aliphatic rings. The van der Waals surface area contributed by atoms with Crippen LogP contribution in [0, 0.1) is 0 Å². The van der Waals surface area contributed by atoms with Crippen LogP contribution in [0.4, 0.5) is 0 Å². The molecule has 88 valence electrons. The Hall–Kier alpha value is -0.610. The molecule has 1 aliphatic heterocycles. The summed E-state index contributed by atoms with van der Waals surface area (Å²) in [6.07, 6.45) is 4.22. The highest BCUT2D eigenvalue weighted by molar-refractivity contribution is 5.79. The summed E-state index contributed by atoms with van der Waals surface area (Å²) >= 11 is 0. The first-order valence-electron chi connectivity index (χ1n) is 5.99. The molecular weight excluding hydrogens is 190 g/mol. The van der Waals surface area contributed by atoms with Crippen LogP contribution in [0.25, 0.3) is 0 Å². The van der Waals surface area contributed by atoms with Gasteiger partial charge in [0.1, 0.15) is 0 Å². The van der Waals surface area contributed by atoms with Crippen molar-refractivity contribution >= 4 is 5.91 Å². The number of unbranched alkanes of at least 4 members (excludes halogenated alkanes) is 1. The Morgan fingerprint density at radius 2 is 2.27 bits per heavy atom. The van der Waals surface area contributed by atoms with E-state index in [1.807, 2.05) is 0 Å². The summed E-state index contributed by atoms with van der Waals surface area (Å²) in [5, 5.41) is 3.33. The average Bonchev–Trinajstić information content (AvgIpc) is 2.47. The van der Waals surface area contributed by atoms with Crippen LogP contribution < -0.4 is 11.1 Å². The van der Waals surface area contributed by atoms with Gasteiger partial charge < -0.3 is 11.1 Å². The lowest BCUT2D eigenvalue weighted by atomic mass is 10.1. The van der Waals surface area contributed by atoms with Crippen LogP contribution >= 0.6 is 0 Å². The van der Waals surface area contributed by atoms with E-state index >= 15 is 0 Å². The third-order valence-electron chi connectivity index (χ3n) is 2.97. The minimum absolute atomic E-state index is 0.0511. The number of carbonyl (C=O) groups excluding carboxylic acids is 1. The molecule has 1 heterocycles.